The molecule has 4 saturated heterocycles. The Morgan fingerprint density at radius 3 is 2.60 bits per heavy atom. The molecule has 0 aromatic carbocycles. The van der Waals surface area contributed by atoms with Gasteiger partial charge in [0.15, 0.2) is 0 Å². The lowest BCUT2D eigenvalue weighted by Crippen LogP contribution is -2.77. The summed E-state index contributed by atoms with van der Waals surface area (Å²) in [4.78, 5) is 25.4. The summed E-state index contributed by atoms with van der Waals surface area (Å²) in [6, 6.07) is 0. The SMILES string of the molecule is CCC(C)C(=O)O[C@H]1O[C@@H]2C[C@@H]3[C@@](C)([C@@H]4C[C@H]5C=CO[C@H]5O4)[C@H](C)C[C@H](OC(C)=O)[C@]13[C@@]1(CO1)C2. The van der Waals surface area contributed by atoms with Crippen molar-refractivity contribution in [1.82, 2.24) is 0 Å². The van der Waals surface area contributed by atoms with E-state index < -0.39 is 23.4 Å². The zero-order valence-corrected chi connectivity index (χ0v) is 21.4. The second kappa shape index (κ2) is 7.93. The summed E-state index contributed by atoms with van der Waals surface area (Å²) in [5.41, 5.74) is -1.57. The molecule has 5 aliphatic heterocycles. The number of hydrogen-bond acceptors (Lipinski definition) is 8. The second-order valence-electron chi connectivity index (χ2n) is 12.0. The predicted octanol–water partition coefficient (Wildman–Crippen LogP) is 3.72. The molecule has 12 atom stereocenters. The van der Waals surface area contributed by atoms with E-state index >= 15 is 0 Å². The van der Waals surface area contributed by atoms with E-state index in [-0.39, 0.29) is 59.5 Å². The summed E-state index contributed by atoms with van der Waals surface area (Å²) in [6.45, 7) is 10.4. The van der Waals surface area contributed by atoms with Crippen LogP contribution in [0.25, 0.3) is 0 Å². The zero-order valence-electron chi connectivity index (χ0n) is 21.4. The highest BCUT2D eigenvalue weighted by atomic mass is 16.7. The summed E-state index contributed by atoms with van der Waals surface area (Å²) in [6.07, 6.45) is 5.91. The van der Waals surface area contributed by atoms with E-state index in [1.807, 2.05) is 13.8 Å². The highest BCUT2D eigenvalue weighted by Gasteiger charge is 2.83. The van der Waals surface area contributed by atoms with Gasteiger partial charge >= 0.3 is 11.9 Å². The van der Waals surface area contributed by atoms with Crippen LogP contribution in [0.2, 0.25) is 0 Å². The number of carbonyl (C=O) groups is 2. The average Bonchev–Trinajstić information content (AvgIpc) is 3.23. The fourth-order valence-corrected chi connectivity index (χ4v) is 8.18. The third-order valence-corrected chi connectivity index (χ3v) is 10.4. The van der Waals surface area contributed by atoms with Gasteiger partial charge < -0.3 is 28.4 Å². The number of esters is 2. The van der Waals surface area contributed by atoms with Crippen molar-refractivity contribution in [3.05, 3.63) is 12.3 Å². The highest BCUT2D eigenvalue weighted by molar-refractivity contribution is 5.72. The van der Waals surface area contributed by atoms with Crippen molar-refractivity contribution in [3.63, 3.8) is 0 Å². The van der Waals surface area contributed by atoms with E-state index in [1.165, 1.54) is 6.92 Å². The molecule has 8 nitrogen and oxygen atoms in total. The minimum Gasteiger partial charge on any atom is -0.472 e. The first-order valence-electron chi connectivity index (χ1n) is 13.3. The van der Waals surface area contributed by atoms with Gasteiger partial charge in [-0.2, -0.15) is 0 Å². The van der Waals surface area contributed by atoms with Crippen molar-refractivity contribution >= 4 is 11.9 Å². The molecule has 35 heavy (non-hydrogen) atoms. The van der Waals surface area contributed by atoms with Crippen LogP contribution in [-0.2, 0) is 38.0 Å². The number of hydrogen-bond donors (Lipinski definition) is 0. The monoisotopic (exact) mass is 490 g/mol. The molecular weight excluding hydrogens is 452 g/mol. The van der Waals surface area contributed by atoms with Gasteiger partial charge in [-0.25, -0.2) is 0 Å². The molecule has 8 heteroatoms. The summed E-state index contributed by atoms with van der Waals surface area (Å²) in [5, 5.41) is 0. The molecule has 2 saturated carbocycles. The number of fused-ring (bicyclic) bond motifs is 2. The minimum atomic E-state index is -0.822. The van der Waals surface area contributed by atoms with Crippen LogP contribution in [-0.4, -0.2) is 55.0 Å². The summed E-state index contributed by atoms with van der Waals surface area (Å²) < 4.78 is 37.3. The van der Waals surface area contributed by atoms with Crippen molar-refractivity contribution in [3.8, 4) is 0 Å². The Labute approximate surface area is 207 Å². The van der Waals surface area contributed by atoms with Crippen molar-refractivity contribution in [2.45, 2.75) is 103 Å². The summed E-state index contributed by atoms with van der Waals surface area (Å²) >= 11 is 0. The highest BCUT2D eigenvalue weighted by Crippen LogP contribution is 2.74. The van der Waals surface area contributed by atoms with Crippen LogP contribution in [0.4, 0.5) is 0 Å². The van der Waals surface area contributed by atoms with Crippen LogP contribution in [0, 0.1) is 34.5 Å². The summed E-state index contributed by atoms with van der Waals surface area (Å²) in [7, 11) is 0. The van der Waals surface area contributed by atoms with Crippen LogP contribution in [0.15, 0.2) is 12.3 Å². The van der Waals surface area contributed by atoms with E-state index in [2.05, 4.69) is 19.9 Å². The Hall–Kier alpha value is -1.64. The molecule has 6 fully saturated rings. The maximum atomic E-state index is 13.1. The standard InChI is InChI=1S/C27H38O8/c1-6-14(2)22(29)35-24-27-19(11-18(33-24)12-26(27)13-31-26)25(5,15(3)9-21(27)32-16(4)28)20-10-17-7-8-30-23(17)34-20/h7-8,14-15,17-21,23-24H,6,9-13H2,1-5H3/t14?,15-,17-,18-,19-,20+,21+,23+,24-,25+,26+,27+/m1/s1. The predicted molar refractivity (Wildman–Crippen MR) is 122 cm³/mol. The van der Waals surface area contributed by atoms with Crippen molar-refractivity contribution in [1.29, 1.82) is 0 Å². The van der Waals surface area contributed by atoms with E-state index in [9.17, 15) is 9.59 Å². The fraction of sp³-hybridized carbons (Fsp3) is 0.852. The third kappa shape index (κ3) is 3.15. The molecule has 7 rings (SSSR count). The zero-order chi connectivity index (χ0) is 24.8. The lowest BCUT2D eigenvalue weighted by Gasteiger charge is -2.69. The minimum absolute atomic E-state index is 0.0284. The van der Waals surface area contributed by atoms with Gasteiger partial charge in [0, 0.05) is 24.7 Å². The Kier molecular flexibility index (Phi) is 5.38. The topological polar surface area (TPSA) is 92.8 Å². The van der Waals surface area contributed by atoms with Crippen molar-refractivity contribution in [2.24, 2.45) is 34.5 Å². The maximum absolute atomic E-state index is 13.1. The molecule has 0 aromatic rings. The molecular formula is C27H38O8. The van der Waals surface area contributed by atoms with Crippen molar-refractivity contribution in [2.75, 3.05) is 6.61 Å². The smallest absolute Gasteiger partial charge is 0.310 e. The van der Waals surface area contributed by atoms with Crippen LogP contribution < -0.4 is 0 Å². The average molecular weight is 491 g/mol. The van der Waals surface area contributed by atoms with E-state index in [0.717, 1.165) is 19.3 Å². The fourth-order valence-electron chi connectivity index (χ4n) is 8.18. The van der Waals surface area contributed by atoms with Gasteiger partial charge in [-0.3, -0.25) is 9.59 Å². The second-order valence-corrected chi connectivity index (χ2v) is 12.0. The number of epoxide rings is 1. The maximum Gasteiger partial charge on any atom is 0.310 e. The van der Waals surface area contributed by atoms with Crippen LogP contribution in [0.3, 0.4) is 0 Å². The molecule has 0 amide bonds. The van der Waals surface area contributed by atoms with E-state index in [4.69, 9.17) is 28.4 Å². The lowest BCUT2D eigenvalue weighted by molar-refractivity contribution is -0.376. The Bertz CT molecular complexity index is 928. The van der Waals surface area contributed by atoms with Crippen molar-refractivity contribution < 1.29 is 38.0 Å². The normalized spacial score (nSPS) is 51.9. The molecule has 2 aliphatic carbocycles. The Morgan fingerprint density at radius 2 is 1.94 bits per heavy atom. The first kappa shape index (κ1) is 23.7. The van der Waals surface area contributed by atoms with Gasteiger partial charge in [0.1, 0.15) is 17.1 Å². The lowest BCUT2D eigenvalue weighted by atomic mass is 9.40. The molecule has 2 spiro atoms. The molecule has 5 heterocycles. The van der Waals surface area contributed by atoms with Crippen LogP contribution in [0.5, 0.6) is 0 Å². The largest absolute Gasteiger partial charge is 0.472 e. The van der Waals surface area contributed by atoms with Crippen LogP contribution >= 0.6 is 0 Å². The first-order valence-corrected chi connectivity index (χ1v) is 13.3. The molecule has 0 radical (unpaired) electrons. The first-order chi connectivity index (χ1) is 16.7. The van der Waals surface area contributed by atoms with Gasteiger partial charge in [0.25, 0.3) is 0 Å². The quantitative estimate of drug-likeness (QED) is 0.425. The van der Waals surface area contributed by atoms with Gasteiger partial charge in [0.05, 0.1) is 31.0 Å². The number of ether oxygens (including phenoxy) is 6. The van der Waals surface area contributed by atoms with Crippen LogP contribution in [0.1, 0.15) is 66.7 Å². The molecule has 0 aromatic heterocycles. The molecule has 7 aliphatic rings. The number of rotatable bonds is 5. The number of carbonyl (C=O) groups excluding carboxylic acids is 2. The summed E-state index contributed by atoms with van der Waals surface area (Å²) in [5.74, 6) is -0.376. The molecule has 1 unspecified atom stereocenters. The van der Waals surface area contributed by atoms with Gasteiger partial charge in [-0.15, -0.1) is 0 Å². The van der Waals surface area contributed by atoms with E-state index in [1.54, 1.807) is 6.26 Å². The van der Waals surface area contributed by atoms with Gasteiger partial charge in [0.2, 0.25) is 12.6 Å². The molecule has 0 N–H and O–H groups in total. The van der Waals surface area contributed by atoms with Gasteiger partial charge in [-0.1, -0.05) is 27.7 Å². The third-order valence-electron chi connectivity index (χ3n) is 10.4. The van der Waals surface area contributed by atoms with Gasteiger partial charge in [-0.05, 0) is 43.6 Å². The molecule has 194 valence electrons. The Balaban J connectivity index is 1.45. The van der Waals surface area contributed by atoms with E-state index in [0.29, 0.717) is 19.4 Å². The molecule has 2 bridgehead atoms. The Morgan fingerprint density at radius 1 is 1.17 bits per heavy atom.